The molecule has 35 heavy (non-hydrogen) atoms. The number of hydrogen-bond donors (Lipinski definition) is 1. The van der Waals surface area contributed by atoms with Gasteiger partial charge >= 0.3 is 6.01 Å². The molecule has 0 radical (unpaired) electrons. The number of rotatable bonds is 11. The third-order valence-electron chi connectivity index (χ3n) is 5.44. The quantitative estimate of drug-likeness (QED) is 0.304. The molecule has 0 aliphatic heterocycles. The van der Waals surface area contributed by atoms with Gasteiger partial charge in [-0.2, -0.15) is 4.98 Å². The van der Waals surface area contributed by atoms with Crippen LogP contribution >= 0.6 is 0 Å². The minimum Gasteiger partial charge on any atom is -0.460 e. The first-order valence-electron chi connectivity index (χ1n) is 11.8. The maximum absolute atomic E-state index is 12.4. The molecule has 0 fully saturated rings. The first-order valence-corrected chi connectivity index (χ1v) is 11.8. The van der Waals surface area contributed by atoms with Crippen LogP contribution in [0, 0.1) is 6.92 Å². The molecule has 0 aliphatic rings. The molecular formula is C28H30N4O3. The summed E-state index contributed by atoms with van der Waals surface area (Å²) in [6.45, 7) is 5.47. The summed E-state index contributed by atoms with van der Waals surface area (Å²) in [5.41, 5.74) is 4.79. The second kappa shape index (κ2) is 11.9. The minimum absolute atomic E-state index is 0.0207. The molecule has 1 N–H and O–H groups in total. The lowest BCUT2D eigenvalue weighted by molar-refractivity contribution is -0.116. The molecule has 0 saturated carbocycles. The van der Waals surface area contributed by atoms with Crippen molar-refractivity contribution in [2.24, 2.45) is 0 Å². The molecule has 1 heterocycles. The summed E-state index contributed by atoms with van der Waals surface area (Å²) >= 11 is 0. The van der Waals surface area contributed by atoms with E-state index in [1.165, 1.54) is 5.56 Å². The van der Waals surface area contributed by atoms with Gasteiger partial charge in [0.05, 0.1) is 12.3 Å². The predicted molar refractivity (Wildman–Crippen MR) is 137 cm³/mol. The van der Waals surface area contributed by atoms with E-state index in [2.05, 4.69) is 15.4 Å². The number of anilines is 1. The van der Waals surface area contributed by atoms with Crippen LogP contribution in [0.25, 0.3) is 17.1 Å². The van der Waals surface area contributed by atoms with Gasteiger partial charge in [-0.1, -0.05) is 60.2 Å². The Hall–Kier alpha value is -3.97. The van der Waals surface area contributed by atoms with E-state index < -0.39 is 0 Å². The summed E-state index contributed by atoms with van der Waals surface area (Å²) in [7, 11) is 0. The second-order valence-corrected chi connectivity index (χ2v) is 8.12. The van der Waals surface area contributed by atoms with Gasteiger partial charge in [0.25, 0.3) is 0 Å². The first-order chi connectivity index (χ1) is 17.1. The Morgan fingerprint density at radius 2 is 1.69 bits per heavy atom. The Labute approximate surface area is 205 Å². The van der Waals surface area contributed by atoms with Gasteiger partial charge in [0.15, 0.2) is 5.82 Å². The predicted octanol–water partition coefficient (Wildman–Crippen LogP) is 5.23. The standard InChI is InChI=1S/C28H30N4O3/c1-3-34-19-20-35-28-30-27(23-12-9-21(2)10-13-23)32(31-28)25-16-14-24(15-17-25)29-26(33)18-11-22-7-5-4-6-8-22/h4-10,12-17H,3,11,18-20H2,1-2H3,(H,29,33). The number of ether oxygens (including phenoxy) is 2. The highest BCUT2D eigenvalue weighted by Gasteiger charge is 2.15. The first kappa shape index (κ1) is 24.2. The van der Waals surface area contributed by atoms with E-state index in [4.69, 9.17) is 9.47 Å². The van der Waals surface area contributed by atoms with Crippen molar-refractivity contribution in [3.05, 3.63) is 90.0 Å². The number of carbonyl (C=O) groups excluding carboxylic acids is 1. The van der Waals surface area contributed by atoms with Gasteiger partial charge in [-0.3, -0.25) is 4.79 Å². The molecule has 0 saturated heterocycles. The maximum Gasteiger partial charge on any atom is 0.336 e. The summed E-state index contributed by atoms with van der Waals surface area (Å²) < 4.78 is 12.8. The second-order valence-electron chi connectivity index (χ2n) is 8.12. The highest BCUT2D eigenvalue weighted by atomic mass is 16.5. The molecule has 0 aliphatic carbocycles. The zero-order valence-corrected chi connectivity index (χ0v) is 20.1. The largest absolute Gasteiger partial charge is 0.460 e. The van der Waals surface area contributed by atoms with Crippen LogP contribution in [0.3, 0.4) is 0 Å². The smallest absolute Gasteiger partial charge is 0.336 e. The number of hydrogen-bond acceptors (Lipinski definition) is 5. The van der Waals surface area contributed by atoms with E-state index in [0.717, 1.165) is 22.5 Å². The van der Waals surface area contributed by atoms with Crippen LogP contribution in [0.4, 0.5) is 5.69 Å². The van der Waals surface area contributed by atoms with Crippen LogP contribution in [-0.2, 0) is 16.0 Å². The van der Waals surface area contributed by atoms with Crippen LogP contribution in [0.15, 0.2) is 78.9 Å². The Kier molecular flexibility index (Phi) is 8.25. The maximum atomic E-state index is 12.4. The summed E-state index contributed by atoms with van der Waals surface area (Å²) in [6.07, 6.45) is 1.13. The molecule has 1 aromatic heterocycles. The number of carbonyl (C=O) groups is 1. The molecule has 180 valence electrons. The van der Waals surface area contributed by atoms with Crippen molar-refractivity contribution in [2.45, 2.75) is 26.7 Å². The highest BCUT2D eigenvalue weighted by molar-refractivity contribution is 5.90. The molecule has 4 aromatic rings. The van der Waals surface area contributed by atoms with Gasteiger partial charge in [-0.15, -0.1) is 5.10 Å². The van der Waals surface area contributed by atoms with Gasteiger partial charge in [0, 0.05) is 24.3 Å². The van der Waals surface area contributed by atoms with E-state index in [9.17, 15) is 4.79 Å². The SMILES string of the molecule is CCOCCOc1nc(-c2ccc(C)cc2)n(-c2ccc(NC(=O)CCc3ccccc3)cc2)n1. The third-order valence-corrected chi connectivity index (χ3v) is 5.44. The van der Waals surface area contributed by atoms with Gasteiger partial charge < -0.3 is 14.8 Å². The molecule has 7 nitrogen and oxygen atoms in total. The summed E-state index contributed by atoms with van der Waals surface area (Å²) in [5, 5.41) is 7.54. The van der Waals surface area contributed by atoms with E-state index in [0.29, 0.717) is 44.5 Å². The summed E-state index contributed by atoms with van der Waals surface area (Å²) in [6, 6.07) is 25.9. The molecule has 0 bridgehead atoms. The lowest BCUT2D eigenvalue weighted by Gasteiger charge is -2.09. The fraction of sp³-hybridized carbons (Fsp3) is 0.250. The van der Waals surface area contributed by atoms with E-state index >= 15 is 0 Å². The third kappa shape index (κ3) is 6.77. The van der Waals surface area contributed by atoms with Crippen molar-refractivity contribution in [3.63, 3.8) is 0 Å². The zero-order chi connectivity index (χ0) is 24.5. The average molecular weight is 471 g/mol. The summed E-state index contributed by atoms with van der Waals surface area (Å²) in [4.78, 5) is 17.0. The van der Waals surface area contributed by atoms with Crippen molar-refractivity contribution < 1.29 is 14.3 Å². The van der Waals surface area contributed by atoms with Gasteiger partial charge in [-0.05, 0) is 50.1 Å². The Bertz CT molecular complexity index is 1220. The van der Waals surface area contributed by atoms with E-state index in [-0.39, 0.29) is 5.91 Å². The zero-order valence-electron chi connectivity index (χ0n) is 20.1. The Morgan fingerprint density at radius 1 is 0.943 bits per heavy atom. The molecular weight excluding hydrogens is 440 g/mol. The highest BCUT2D eigenvalue weighted by Crippen LogP contribution is 2.25. The minimum atomic E-state index is -0.0207. The van der Waals surface area contributed by atoms with E-state index in [1.54, 1.807) is 4.68 Å². The topological polar surface area (TPSA) is 78.3 Å². The fourth-order valence-corrected chi connectivity index (χ4v) is 3.57. The molecule has 7 heteroatoms. The lowest BCUT2D eigenvalue weighted by Crippen LogP contribution is -2.12. The number of amides is 1. The Morgan fingerprint density at radius 3 is 2.40 bits per heavy atom. The van der Waals surface area contributed by atoms with Crippen molar-refractivity contribution in [2.75, 3.05) is 25.1 Å². The number of aromatic nitrogens is 3. The van der Waals surface area contributed by atoms with Crippen LogP contribution in [0.1, 0.15) is 24.5 Å². The van der Waals surface area contributed by atoms with Gasteiger partial charge in [0.1, 0.15) is 6.61 Å². The van der Waals surface area contributed by atoms with Crippen molar-refractivity contribution in [3.8, 4) is 23.1 Å². The molecule has 0 spiro atoms. The van der Waals surface area contributed by atoms with Crippen molar-refractivity contribution in [1.29, 1.82) is 0 Å². The van der Waals surface area contributed by atoms with E-state index in [1.807, 2.05) is 92.7 Å². The van der Waals surface area contributed by atoms with Crippen LogP contribution in [-0.4, -0.2) is 40.5 Å². The normalized spacial score (nSPS) is 10.8. The number of benzene rings is 3. The fourth-order valence-electron chi connectivity index (χ4n) is 3.57. The molecule has 3 aromatic carbocycles. The van der Waals surface area contributed by atoms with Gasteiger partial charge in [-0.25, -0.2) is 4.68 Å². The lowest BCUT2D eigenvalue weighted by atomic mass is 10.1. The van der Waals surface area contributed by atoms with Crippen LogP contribution in [0.2, 0.25) is 0 Å². The van der Waals surface area contributed by atoms with Crippen LogP contribution in [0.5, 0.6) is 6.01 Å². The molecule has 0 unspecified atom stereocenters. The monoisotopic (exact) mass is 470 g/mol. The van der Waals surface area contributed by atoms with Gasteiger partial charge in [0.2, 0.25) is 5.91 Å². The molecule has 1 amide bonds. The molecule has 4 rings (SSSR count). The Balaban J connectivity index is 1.48. The summed E-state index contributed by atoms with van der Waals surface area (Å²) in [5.74, 6) is 0.656. The average Bonchev–Trinajstić information content (AvgIpc) is 3.31. The number of nitrogens with one attached hydrogen (secondary N) is 1. The number of aryl methyl sites for hydroxylation is 2. The molecule has 0 atom stereocenters. The van der Waals surface area contributed by atoms with Crippen LogP contribution < -0.4 is 10.1 Å². The van der Waals surface area contributed by atoms with Crippen molar-refractivity contribution >= 4 is 11.6 Å². The number of nitrogens with zero attached hydrogens (tertiary/aromatic N) is 3. The van der Waals surface area contributed by atoms with Crippen molar-refractivity contribution in [1.82, 2.24) is 14.8 Å².